The van der Waals surface area contributed by atoms with Crippen LogP contribution < -0.4 is 10.5 Å². The van der Waals surface area contributed by atoms with E-state index >= 15 is 0 Å². The highest BCUT2D eigenvalue weighted by molar-refractivity contribution is 5.89. The minimum Gasteiger partial charge on any atom is -0.465 e. The number of H-pyrrole nitrogens is 2. The van der Waals surface area contributed by atoms with E-state index in [2.05, 4.69) is 20.2 Å². The molecule has 0 aliphatic rings. The van der Waals surface area contributed by atoms with Gasteiger partial charge in [-0.15, -0.1) is 0 Å². The van der Waals surface area contributed by atoms with Gasteiger partial charge in [0.25, 0.3) is 5.56 Å². The highest BCUT2D eigenvalue weighted by atomic mass is 19.1. The van der Waals surface area contributed by atoms with Crippen LogP contribution >= 0.6 is 0 Å². The van der Waals surface area contributed by atoms with E-state index in [0.717, 1.165) is 16.0 Å². The Labute approximate surface area is 186 Å². The van der Waals surface area contributed by atoms with Gasteiger partial charge in [0.2, 0.25) is 5.95 Å². The summed E-state index contributed by atoms with van der Waals surface area (Å²) in [7, 11) is 1.40. The first kappa shape index (κ1) is 20.4. The summed E-state index contributed by atoms with van der Waals surface area (Å²) in [6.07, 6.45) is -0.919. The number of aromatic amines is 2. The fourth-order valence-corrected chi connectivity index (χ4v) is 3.80. The molecule has 0 spiro atoms. The van der Waals surface area contributed by atoms with E-state index in [1.54, 1.807) is 36.4 Å². The van der Waals surface area contributed by atoms with Crippen LogP contribution in [0.2, 0.25) is 0 Å². The molecule has 0 bridgehead atoms. The summed E-state index contributed by atoms with van der Waals surface area (Å²) in [6, 6.07) is 17.4. The molecule has 5 rings (SSSR count). The number of aromatic nitrogens is 4. The molecule has 0 unspecified atom stereocenters. The predicted molar refractivity (Wildman–Crippen MR) is 123 cm³/mol. The predicted octanol–water partition coefficient (Wildman–Crippen LogP) is 4.31. The summed E-state index contributed by atoms with van der Waals surface area (Å²) in [5.41, 5.74) is 3.60. The average molecular weight is 443 g/mol. The van der Waals surface area contributed by atoms with Gasteiger partial charge in [0, 0.05) is 18.9 Å². The number of imidazole rings is 1. The van der Waals surface area contributed by atoms with E-state index in [0.29, 0.717) is 33.1 Å². The minimum atomic E-state index is -1.12. The molecule has 0 fully saturated rings. The van der Waals surface area contributed by atoms with Gasteiger partial charge in [-0.25, -0.2) is 19.3 Å². The number of nitrogens with zero attached hydrogens (tertiary/aromatic N) is 3. The number of rotatable bonds is 4. The first-order valence-electron chi connectivity index (χ1n) is 10.1. The van der Waals surface area contributed by atoms with Crippen LogP contribution in [0.4, 0.5) is 15.1 Å². The van der Waals surface area contributed by atoms with Gasteiger partial charge in [-0.1, -0.05) is 30.3 Å². The van der Waals surface area contributed by atoms with E-state index in [1.807, 2.05) is 18.2 Å². The molecule has 5 aromatic rings. The van der Waals surface area contributed by atoms with Gasteiger partial charge in [0.15, 0.2) is 0 Å². The molecular weight excluding hydrogens is 425 g/mol. The summed E-state index contributed by atoms with van der Waals surface area (Å²) in [6.45, 7) is 0. The van der Waals surface area contributed by atoms with Crippen molar-refractivity contribution in [3.05, 3.63) is 88.1 Å². The lowest BCUT2D eigenvalue weighted by atomic mass is 9.98. The zero-order valence-electron chi connectivity index (χ0n) is 17.5. The maximum atomic E-state index is 14.7. The molecule has 3 N–H and O–H groups in total. The fourth-order valence-electron chi connectivity index (χ4n) is 3.80. The molecule has 0 atom stereocenters. The first-order chi connectivity index (χ1) is 15.9. The number of halogens is 1. The topological polar surface area (TPSA) is 115 Å². The third-order valence-electron chi connectivity index (χ3n) is 5.59. The van der Waals surface area contributed by atoms with Gasteiger partial charge < -0.3 is 10.1 Å². The lowest BCUT2D eigenvalue weighted by Crippen LogP contribution is -2.24. The molecule has 0 radical (unpaired) electrons. The zero-order valence-corrected chi connectivity index (χ0v) is 17.5. The molecule has 9 heteroatoms. The van der Waals surface area contributed by atoms with E-state index < -0.39 is 6.09 Å². The van der Waals surface area contributed by atoms with Gasteiger partial charge in [0.05, 0.1) is 22.1 Å². The molecule has 1 amide bonds. The Bertz CT molecular complexity index is 1590. The third-order valence-corrected chi connectivity index (χ3v) is 5.59. The zero-order chi connectivity index (χ0) is 23.1. The van der Waals surface area contributed by atoms with Crippen molar-refractivity contribution in [3.8, 4) is 11.1 Å². The largest absolute Gasteiger partial charge is 0.465 e. The van der Waals surface area contributed by atoms with E-state index in [-0.39, 0.29) is 23.7 Å². The Morgan fingerprint density at radius 2 is 1.79 bits per heavy atom. The Kier molecular flexibility index (Phi) is 4.86. The average Bonchev–Trinajstić information content (AvgIpc) is 3.25. The summed E-state index contributed by atoms with van der Waals surface area (Å²) >= 11 is 0. The van der Waals surface area contributed by atoms with Crippen LogP contribution in [-0.2, 0) is 6.42 Å². The van der Waals surface area contributed by atoms with Crippen molar-refractivity contribution in [2.24, 2.45) is 0 Å². The van der Waals surface area contributed by atoms with Crippen molar-refractivity contribution < 1.29 is 14.3 Å². The van der Waals surface area contributed by atoms with E-state index in [1.165, 1.54) is 13.1 Å². The van der Waals surface area contributed by atoms with Gasteiger partial charge in [-0.3, -0.25) is 9.69 Å². The second kappa shape index (κ2) is 7.86. The summed E-state index contributed by atoms with van der Waals surface area (Å²) < 4.78 is 14.7. The molecule has 3 aromatic carbocycles. The Balaban J connectivity index is 1.53. The second-order valence-electron chi connectivity index (χ2n) is 7.66. The SMILES string of the molecule is CN(C(=O)O)c1nc2ccc(-c3ccc(F)c(Cc4n[nH]c(=O)c5ccccc45)c3)cc2[nH]1. The minimum absolute atomic E-state index is 0.205. The number of carboxylic acid groups (broad SMARTS) is 1. The molecule has 2 aromatic heterocycles. The van der Waals surface area contributed by atoms with Crippen LogP contribution in [0.15, 0.2) is 65.5 Å². The maximum Gasteiger partial charge on any atom is 0.413 e. The lowest BCUT2D eigenvalue weighted by molar-refractivity contribution is 0.203. The summed E-state index contributed by atoms with van der Waals surface area (Å²) in [5, 5.41) is 17.0. The molecule has 33 heavy (non-hydrogen) atoms. The third kappa shape index (κ3) is 3.69. The number of amides is 1. The number of benzene rings is 3. The fraction of sp³-hybridized carbons (Fsp3) is 0.0833. The smallest absolute Gasteiger partial charge is 0.413 e. The number of hydrogen-bond acceptors (Lipinski definition) is 4. The lowest BCUT2D eigenvalue weighted by Gasteiger charge is -2.09. The molecular formula is C24H18FN5O3. The normalized spacial score (nSPS) is 11.2. The Morgan fingerprint density at radius 3 is 2.58 bits per heavy atom. The van der Waals surface area contributed by atoms with Crippen LogP contribution in [0.1, 0.15) is 11.3 Å². The van der Waals surface area contributed by atoms with Gasteiger partial charge in [-0.05, 0) is 47.0 Å². The van der Waals surface area contributed by atoms with Crippen molar-refractivity contribution >= 4 is 33.8 Å². The number of anilines is 1. The molecule has 2 heterocycles. The summed E-state index contributed by atoms with van der Waals surface area (Å²) in [5.74, 6) is -0.158. The van der Waals surface area contributed by atoms with Gasteiger partial charge in [0.1, 0.15) is 5.82 Å². The monoisotopic (exact) mass is 443 g/mol. The van der Waals surface area contributed by atoms with Crippen LogP contribution in [-0.4, -0.2) is 38.4 Å². The first-order valence-corrected chi connectivity index (χ1v) is 10.1. The Morgan fingerprint density at radius 1 is 1.06 bits per heavy atom. The highest BCUT2D eigenvalue weighted by Gasteiger charge is 2.15. The van der Waals surface area contributed by atoms with Crippen molar-refractivity contribution in [1.29, 1.82) is 0 Å². The number of hydrogen-bond donors (Lipinski definition) is 3. The molecule has 0 saturated heterocycles. The molecule has 0 aliphatic heterocycles. The van der Waals surface area contributed by atoms with Crippen molar-refractivity contribution in [3.63, 3.8) is 0 Å². The van der Waals surface area contributed by atoms with Crippen molar-refractivity contribution in [1.82, 2.24) is 20.2 Å². The van der Waals surface area contributed by atoms with Crippen LogP contribution in [0.25, 0.3) is 32.9 Å². The summed E-state index contributed by atoms with van der Waals surface area (Å²) in [4.78, 5) is 31.5. The second-order valence-corrected chi connectivity index (χ2v) is 7.66. The van der Waals surface area contributed by atoms with Crippen LogP contribution in [0.5, 0.6) is 0 Å². The van der Waals surface area contributed by atoms with Gasteiger partial charge >= 0.3 is 6.09 Å². The number of carbonyl (C=O) groups is 1. The van der Waals surface area contributed by atoms with Crippen molar-refractivity contribution in [2.45, 2.75) is 6.42 Å². The maximum absolute atomic E-state index is 14.7. The molecule has 0 aliphatic carbocycles. The van der Waals surface area contributed by atoms with E-state index in [9.17, 15) is 14.0 Å². The quantitative estimate of drug-likeness (QED) is 0.383. The number of fused-ring (bicyclic) bond motifs is 2. The molecule has 164 valence electrons. The molecule has 0 saturated carbocycles. The van der Waals surface area contributed by atoms with Crippen LogP contribution in [0.3, 0.4) is 0 Å². The van der Waals surface area contributed by atoms with Crippen molar-refractivity contribution in [2.75, 3.05) is 11.9 Å². The van der Waals surface area contributed by atoms with Gasteiger partial charge in [-0.2, -0.15) is 5.10 Å². The highest BCUT2D eigenvalue weighted by Crippen LogP contribution is 2.28. The Hall–Kier alpha value is -4.53. The number of nitrogens with one attached hydrogen (secondary N) is 2. The standard InChI is InChI=1S/C24H18FN5O3/c1-30(24(32)33)23-26-19-9-7-14(11-21(19)27-23)13-6-8-18(25)15(10-13)12-20-16-4-2-3-5-17(16)22(31)29-28-20/h2-11H,12H2,1H3,(H,26,27)(H,29,31)(H,32,33). The van der Waals surface area contributed by atoms with Crippen LogP contribution in [0, 0.1) is 5.82 Å². The molecule has 8 nitrogen and oxygen atoms in total. The van der Waals surface area contributed by atoms with E-state index in [4.69, 9.17) is 5.11 Å².